The van der Waals surface area contributed by atoms with Gasteiger partial charge in [-0.05, 0) is 47.9 Å². The number of aryl methyl sites for hydroxylation is 1. The lowest BCUT2D eigenvalue weighted by Gasteiger charge is -2.11. The van der Waals surface area contributed by atoms with Gasteiger partial charge in [-0.2, -0.15) is 0 Å². The lowest BCUT2D eigenvalue weighted by Crippen LogP contribution is -2.16. The molecule has 0 saturated heterocycles. The van der Waals surface area contributed by atoms with E-state index < -0.39 is 0 Å². The first-order valence-electron chi connectivity index (χ1n) is 10.8. The van der Waals surface area contributed by atoms with Gasteiger partial charge in [0, 0.05) is 22.9 Å². The summed E-state index contributed by atoms with van der Waals surface area (Å²) in [6.07, 6.45) is 3.26. The fourth-order valence-corrected chi connectivity index (χ4v) is 3.76. The third-order valence-electron chi connectivity index (χ3n) is 5.55. The molecule has 5 aromatic rings. The number of rotatable bonds is 5. The van der Waals surface area contributed by atoms with Crippen molar-refractivity contribution in [3.05, 3.63) is 108 Å². The quantitative estimate of drug-likeness (QED) is 0.358. The van der Waals surface area contributed by atoms with Crippen LogP contribution in [0, 0.1) is 6.92 Å². The van der Waals surface area contributed by atoms with Gasteiger partial charge >= 0.3 is 0 Å². The summed E-state index contributed by atoms with van der Waals surface area (Å²) in [7, 11) is 0. The average Bonchev–Trinajstić information content (AvgIpc) is 3.34. The Balaban J connectivity index is 1.34. The summed E-state index contributed by atoms with van der Waals surface area (Å²) in [5.74, 6) is -0.526. The molecule has 3 aromatic carbocycles. The van der Waals surface area contributed by atoms with E-state index in [1.165, 1.54) is 0 Å². The fourth-order valence-electron chi connectivity index (χ4n) is 3.76. The number of benzene rings is 3. The van der Waals surface area contributed by atoms with Crippen molar-refractivity contribution in [2.75, 3.05) is 10.6 Å². The molecule has 0 atom stereocenters. The Kier molecular flexibility index (Phi) is 5.58. The highest BCUT2D eigenvalue weighted by molar-refractivity contribution is 6.08. The first kappa shape index (κ1) is 21.1. The molecule has 0 aliphatic rings. The van der Waals surface area contributed by atoms with Crippen LogP contribution in [0.15, 0.2) is 91.4 Å². The molecule has 2 aromatic heterocycles. The van der Waals surface area contributed by atoms with Crippen LogP contribution in [0.25, 0.3) is 22.3 Å². The summed E-state index contributed by atoms with van der Waals surface area (Å²) < 4.78 is 0. The van der Waals surface area contributed by atoms with Crippen molar-refractivity contribution in [3.8, 4) is 11.1 Å². The molecule has 0 saturated carbocycles. The van der Waals surface area contributed by atoms with E-state index in [0.29, 0.717) is 28.1 Å². The molecule has 4 N–H and O–H groups in total. The van der Waals surface area contributed by atoms with E-state index in [2.05, 4.69) is 25.6 Å². The minimum absolute atomic E-state index is 0.245. The van der Waals surface area contributed by atoms with Gasteiger partial charge in [0.1, 0.15) is 6.20 Å². The van der Waals surface area contributed by atoms with Gasteiger partial charge in [0.15, 0.2) is 11.8 Å². The molecular weight excluding hydrogens is 426 g/mol. The van der Waals surface area contributed by atoms with Gasteiger partial charge in [-0.15, -0.1) is 4.98 Å². The lowest BCUT2D eigenvalue weighted by atomic mass is 10.0. The number of carbonyl (C=O) groups excluding carboxylic acids is 2. The number of aromatic nitrogens is 3. The monoisotopic (exact) mass is 448 g/mol. The number of carbonyl (C=O) groups is 2. The Bertz CT molecular complexity index is 1510. The molecule has 0 aliphatic carbocycles. The zero-order valence-electron chi connectivity index (χ0n) is 18.4. The van der Waals surface area contributed by atoms with Crippen LogP contribution in [0.5, 0.6) is 0 Å². The predicted molar refractivity (Wildman–Crippen MR) is 132 cm³/mol. The Labute approximate surface area is 195 Å². The average molecular weight is 449 g/mol. The van der Waals surface area contributed by atoms with Crippen LogP contribution < -0.4 is 15.6 Å². The molecule has 7 nitrogen and oxygen atoms in total. The number of pyridine rings is 1. The largest absolute Gasteiger partial charge is 0.322 e. The van der Waals surface area contributed by atoms with Crippen LogP contribution in [0.3, 0.4) is 0 Å². The van der Waals surface area contributed by atoms with E-state index in [0.717, 1.165) is 22.2 Å². The molecule has 2 heterocycles. The van der Waals surface area contributed by atoms with Crippen molar-refractivity contribution >= 4 is 34.4 Å². The molecule has 2 amide bonds. The second kappa shape index (κ2) is 8.99. The van der Waals surface area contributed by atoms with Crippen LogP contribution in [0.4, 0.5) is 11.4 Å². The fraction of sp³-hybridized carbons (Fsp3) is 0.0370. The second-order valence-corrected chi connectivity index (χ2v) is 7.94. The summed E-state index contributed by atoms with van der Waals surface area (Å²) in [4.78, 5) is 36.1. The number of hydrogen-bond acceptors (Lipinski definition) is 3. The number of fused-ring (bicyclic) bond motifs is 1. The second-order valence-electron chi connectivity index (χ2n) is 7.94. The van der Waals surface area contributed by atoms with Gasteiger partial charge in [-0.1, -0.05) is 48.5 Å². The molecule has 7 heteroatoms. The highest BCUT2D eigenvalue weighted by atomic mass is 16.2. The van der Waals surface area contributed by atoms with E-state index in [9.17, 15) is 9.59 Å². The van der Waals surface area contributed by atoms with Gasteiger partial charge < -0.3 is 10.6 Å². The maximum absolute atomic E-state index is 12.9. The van der Waals surface area contributed by atoms with Crippen LogP contribution in [0.2, 0.25) is 0 Å². The minimum atomic E-state index is -0.281. The van der Waals surface area contributed by atoms with E-state index in [4.69, 9.17) is 0 Å². The standard InChI is InChI=1S/C27H21N5O2/c1-17-10-11-21(13-23(17)27(34)32-22-14-24-25(28-15-22)30-16-29-24)31-26(33)20-9-5-8-19(12-20)18-6-3-2-4-7-18/h2-16H,1H3,(H,31,33)(H,32,34)(H,28,29,30)/p+1. The highest BCUT2D eigenvalue weighted by Gasteiger charge is 2.14. The molecule has 0 radical (unpaired) electrons. The predicted octanol–water partition coefficient (Wildman–Crippen LogP) is 4.86. The molecule has 166 valence electrons. The number of aromatic amines is 2. The lowest BCUT2D eigenvalue weighted by molar-refractivity contribution is -0.347. The van der Waals surface area contributed by atoms with Crippen molar-refractivity contribution in [1.29, 1.82) is 0 Å². The van der Waals surface area contributed by atoms with Crippen LogP contribution >= 0.6 is 0 Å². The first-order chi connectivity index (χ1) is 16.6. The van der Waals surface area contributed by atoms with Gasteiger partial charge in [0.2, 0.25) is 0 Å². The number of imidazole rings is 1. The van der Waals surface area contributed by atoms with E-state index in [1.807, 2.05) is 61.5 Å². The third kappa shape index (κ3) is 4.40. The normalized spacial score (nSPS) is 10.7. The summed E-state index contributed by atoms with van der Waals surface area (Å²) >= 11 is 0. The van der Waals surface area contributed by atoms with Crippen molar-refractivity contribution < 1.29 is 14.6 Å². The molecule has 5 rings (SSSR count). The summed E-state index contributed by atoms with van der Waals surface area (Å²) in [5.41, 5.74) is 6.40. The number of nitrogens with zero attached hydrogens (tertiary/aromatic N) is 1. The number of amides is 2. The molecule has 0 aliphatic heterocycles. The number of anilines is 2. The van der Waals surface area contributed by atoms with Crippen LogP contribution in [-0.4, -0.2) is 21.8 Å². The minimum Gasteiger partial charge on any atom is -0.322 e. The first-order valence-corrected chi connectivity index (χ1v) is 10.8. The Morgan fingerprint density at radius 1 is 0.824 bits per heavy atom. The van der Waals surface area contributed by atoms with Crippen molar-refractivity contribution in [1.82, 2.24) is 9.97 Å². The topological polar surface area (TPSA) is 101 Å². The SMILES string of the molecule is Cc1ccc(NC(=O)c2cccc(-c3ccccc3)c2)cc1C(=O)Nc1cnc2[nH+]c[nH]c2c1. The number of hydrogen-bond donors (Lipinski definition) is 3. The smallest absolute Gasteiger partial charge is 0.299 e. The third-order valence-corrected chi connectivity index (χ3v) is 5.55. The molecular formula is C27H22N5O2+. The molecule has 0 fully saturated rings. The summed E-state index contributed by atoms with van der Waals surface area (Å²) in [6.45, 7) is 1.85. The number of H-pyrrole nitrogens is 2. The molecule has 0 spiro atoms. The molecule has 0 bridgehead atoms. The molecule has 34 heavy (non-hydrogen) atoms. The summed E-state index contributed by atoms with van der Waals surface area (Å²) in [6, 6.07) is 24.4. The zero-order valence-corrected chi connectivity index (χ0v) is 18.4. The van der Waals surface area contributed by atoms with E-state index in [1.54, 1.807) is 36.8 Å². The zero-order chi connectivity index (χ0) is 23.5. The Morgan fingerprint density at radius 3 is 2.47 bits per heavy atom. The van der Waals surface area contributed by atoms with Crippen LogP contribution in [0.1, 0.15) is 26.3 Å². The van der Waals surface area contributed by atoms with Crippen molar-refractivity contribution in [3.63, 3.8) is 0 Å². The number of nitrogens with one attached hydrogen (secondary N) is 4. The van der Waals surface area contributed by atoms with E-state index in [-0.39, 0.29) is 11.8 Å². The van der Waals surface area contributed by atoms with Crippen molar-refractivity contribution in [2.24, 2.45) is 0 Å². The molecule has 0 unspecified atom stereocenters. The van der Waals surface area contributed by atoms with Gasteiger partial charge in [-0.3, -0.25) is 14.6 Å². The summed E-state index contributed by atoms with van der Waals surface area (Å²) in [5, 5.41) is 5.77. The Morgan fingerprint density at radius 2 is 1.62 bits per heavy atom. The van der Waals surface area contributed by atoms with Crippen LogP contribution in [-0.2, 0) is 0 Å². The highest BCUT2D eigenvalue weighted by Crippen LogP contribution is 2.22. The van der Waals surface area contributed by atoms with Gasteiger partial charge in [0.05, 0.1) is 5.69 Å². The Hall–Kier alpha value is -4.78. The van der Waals surface area contributed by atoms with Gasteiger partial charge in [-0.25, -0.2) is 4.98 Å². The maximum atomic E-state index is 12.9. The van der Waals surface area contributed by atoms with E-state index >= 15 is 0 Å². The van der Waals surface area contributed by atoms with Crippen molar-refractivity contribution in [2.45, 2.75) is 6.92 Å². The van der Waals surface area contributed by atoms with Gasteiger partial charge in [0.25, 0.3) is 17.5 Å². The maximum Gasteiger partial charge on any atom is 0.299 e.